The van der Waals surface area contributed by atoms with Crippen molar-refractivity contribution >= 4 is 34.6 Å². The van der Waals surface area contributed by atoms with Crippen molar-refractivity contribution in [3.05, 3.63) is 36.0 Å². The van der Waals surface area contributed by atoms with Crippen molar-refractivity contribution in [2.45, 2.75) is 83.0 Å². The van der Waals surface area contributed by atoms with Crippen molar-refractivity contribution in [2.75, 3.05) is 13.1 Å². The molecule has 0 aliphatic carbocycles. The van der Waals surface area contributed by atoms with E-state index in [0.29, 0.717) is 38.6 Å². The smallest absolute Gasteiger partial charge is 0.326 e. The summed E-state index contributed by atoms with van der Waals surface area (Å²) in [6.07, 6.45) is 5.67. The molecule has 3 amide bonds. The molecule has 5 unspecified atom stereocenters. The van der Waals surface area contributed by atoms with Crippen molar-refractivity contribution in [3.8, 4) is 0 Å². The molecule has 11 nitrogen and oxygen atoms in total. The van der Waals surface area contributed by atoms with E-state index >= 15 is 0 Å². The van der Waals surface area contributed by atoms with Crippen LogP contribution in [0.1, 0.15) is 57.9 Å². The molecule has 5 atom stereocenters. The van der Waals surface area contributed by atoms with Crippen LogP contribution in [0.25, 0.3) is 10.9 Å². The number of rotatable bonds is 15. The summed E-state index contributed by atoms with van der Waals surface area (Å²) in [4.78, 5) is 54.9. The zero-order chi connectivity index (χ0) is 28.4. The quantitative estimate of drug-likeness (QED) is 0.165. The first kappa shape index (κ1) is 30.1. The van der Waals surface area contributed by atoms with Crippen molar-refractivity contribution in [3.63, 3.8) is 0 Å². The standard InChI is InChI=1S/C28H42N6O5/c1-3-17(2)24(28(38)39)34-26(36)22(11-6-7-13-29)32-27(37)23(33-25(35)21-12-8-14-30-21)15-18-16-31-20-10-5-4-9-19(18)20/h4-5,9-10,16-17,21-24,30-31H,3,6-8,11-15,29H2,1-2H3,(H,32,37)(H,33,35)(H,34,36)(H,38,39). The summed E-state index contributed by atoms with van der Waals surface area (Å²) in [5.74, 6) is -2.75. The summed E-state index contributed by atoms with van der Waals surface area (Å²) >= 11 is 0. The summed E-state index contributed by atoms with van der Waals surface area (Å²) in [5.41, 5.74) is 7.41. The number of nitrogens with one attached hydrogen (secondary N) is 5. The minimum Gasteiger partial charge on any atom is -0.480 e. The highest BCUT2D eigenvalue weighted by Crippen LogP contribution is 2.20. The highest BCUT2D eigenvalue weighted by molar-refractivity contribution is 5.95. The van der Waals surface area contributed by atoms with Gasteiger partial charge in [0.05, 0.1) is 6.04 Å². The fourth-order valence-corrected chi connectivity index (χ4v) is 4.88. The maximum atomic E-state index is 13.6. The Morgan fingerprint density at radius 2 is 1.82 bits per heavy atom. The molecule has 1 aliphatic heterocycles. The summed E-state index contributed by atoms with van der Waals surface area (Å²) in [6.45, 7) is 4.78. The van der Waals surface area contributed by atoms with Crippen LogP contribution < -0.4 is 27.0 Å². The van der Waals surface area contributed by atoms with Crippen LogP contribution in [0, 0.1) is 5.92 Å². The molecule has 39 heavy (non-hydrogen) atoms. The Labute approximate surface area is 229 Å². The Morgan fingerprint density at radius 1 is 1.08 bits per heavy atom. The number of fused-ring (bicyclic) bond motifs is 1. The molecule has 1 fully saturated rings. The monoisotopic (exact) mass is 542 g/mol. The van der Waals surface area contributed by atoms with E-state index < -0.39 is 35.9 Å². The van der Waals surface area contributed by atoms with Crippen LogP contribution in [0.3, 0.4) is 0 Å². The van der Waals surface area contributed by atoms with Gasteiger partial charge in [-0.2, -0.15) is 0 Å². The summed E-state index contributed by atoms with van der Waals surface area (Å²) < 4.78 is 0. The number of carboxylic acids is 1. The van der Waals surface area contributed by atoms with E-state index in [1.807, 2.05) is 37.4 Å². The number of carbonyl (C=O) groups excluding carboxylic acids is 3. The molecule has 1 aromatic heterocycles. The first-order valence-electron chi connectivity index (χ1n) is 13.9. The number of para-hydroxylation sites is 1. The molecule has 1 saturated heterocycles. The highest BCUT2D eigenvalue weighted by Gasteiger charge is 2.33. The lowest BCUT2D eigenvalue weighted by molar-refractivity contribution is -0.144. The Morgan fingerprint density at radius 3 is 2.49 bits per heavy atom. The van der Waals surface area contributed by atoms with Crippen molar-refractivity contribution in [2.24, 2.45) is 11.7 Å². The van der Waals surface area contributed by atoms with Gasteiger partial charge in [0.25, 0.3) is 0 Å². The Bertz CT molecular complexity index is 1130. The average molecular weight is 543 g/mol. The van der Waals surface area contributed by atoms with Crippen LogP contribution >= 0.6 is 0 Å². The van der Waals surface area contributed by atoms with Crippen LogP contribution in [0.15, 0.2) is 30.5 Å². The number of unbranched alkanes of at least 4 members (excludes halogenated alkanes) is 1. The predicted octanol–water partition coefficient (Wildman–Crippen LogP) is 1.18. The van der Waals surface area contributed by atoms with Crippen molar-refractivity contribution in [1.29, 1.82) is 0 Å². The molecule has 0 spiro atoms. The summed E-state index contributed by atoms with van der Waals surface area (Å²) in [5, 5.41) is 22.0. The molecule has 2 heterocycles. The van der Waals surface area contributed by atoms with E-state index in [2.05, 4.69) is 26.3 Å². The second-order valence-corrected chi connectivity index (χ2v) is 10.3. The fraction of sp³-hybridized carbons (Fsp3) is 0.571. The second-order valence-electron chi connectivity index (χ2n) is 10.3. The van der Waals surface area contributed by atoms with Gasteiger partial charge in [0, 0.05) is 23.5 Å². The lowest BCUT2D eigenvalue weighted by Crippen LogP contribution is -2.58. The number of H-pyrrole nitrogens is 1. The number of hydrogen-bond donors (Lipinski definition) is 7. The molecule has 3 rings (SSSR count). The third-order valence-electron chi connectivity index (χ3n) is 7.47. The Balaban J connectivity index is 1.81. The summed E-state index contributed by atoms with van der Waals surface area (Å²) in [7, 11) is 0. The molecule has 11 heteroatoms. The highest BCUT2D eigenvalue weighted by atomic mass is 16.4. The molecule has 1 aliphatic rings. The normalized spacial score (nSPS) is 18.2. The van der Waals surface area contributed by atoms with Gasteiger partial charge in [-0.3, -0.25) is 14.4 Å². The van der Waals surface area contributed by atoms with Gasteiger partial charge < -0.3 is 37.1 Å². The molecular formula is C28H42N6O5. The zero-order valence-electron chi connectivity index (χ0n) is 22.8. The van der Waals surface area contributed by atoms with Gasteiger partial charge in [-0.15, -0.1) is 0 Å². The molecule has 0 bridgehead atoms. The second kappa shape index (κ2) is 14.6. The van der Waals surface area contributed by atoms with Crippen molar-refractivity contribution in [1.82, 2.24) is 26.3 Å². The Hall–Kier alpha value is -3.44. The van der Waals surface area contributed by atoms with E-state index in [4.69, 9.17) is 5.73 Å². The number of aliphatic carboxylic acids is 1. The maximum Gasteiger partial charge on any atom is 0.326 e. The molecular weight excluding hydrogens is 500 g/mol. The lowest BCUT2D eigenvalue weighted by atomic mass is 9.98. The molecule has 2 aromatic rings. The van der Waals surface area contributed by atoms with Crippen molar-refractivity contribution < 1.29 is 24.3 Å². The van der Waals surface area contributed by atoms with Crippen LogP contribution in [0.4, 0.5) is 0 Å². The maximum absolute atomic E-state index is 13.6. The molecule has 1 aromatic carbocycles. The molecule has 214 valence electrons. The third-order valence-corrected chi connectivity index (χ3v) is 7.47. The van der Waals surface area contributed by atoms with E-state index in [9.17, 15) is 24.3 Å². The van der Waals surface area contributed by atoms with Gasteiger partial charge in [-0.25, -0.2) is 4.79 Å². The summed E-state index contributed by atoms with van der Waals surface area (Å²) in [6, 6.07) is 4.34. The number of hydrogen-bond acceptors (Lipinski definition) is 6. The number of aromatic nitrogens is 1. The van der Waals surface area contributed by atoms with Gasteiger partial charge in [0.15, 0.2) is 0 Å². The molecule has 8 N–H and O–H groups in total. The number of aromatic amines is 1. The molecule has 0 saturated carbocycles. The van der Waals surface area contributed by atoms with Gasteiger partial charge in [-0.05, 0) is 62.7 Å². The molecule has 0 radical (unpaired) electrons. The first-order chi connectivity index (χ1) is 18.7. The fourth-order valence-electron chi connectivity index (χ4n) is 4.88. The number of carboxylic acid groups (broad SMARTS) is 1. The van der Waals surface area contributed by atoms with Crippen LogP contribution in [0.2, 0.25) is 0 Å². The van der Waals surface area contributed by atoms with Crippen LogP contribution in [0.5, 0.6) is 0 Å². The number of nitrogens with two attached hydrogens (primary N) is 1. The predicted molar refractivity (Wildman–Crippen MR) is 149 cm³/mol. The van der Waals surface area contributed by atoms with Crippen LogP contribution in [-0.2, 0) is 25.6 Å². The number of benzene rings is 1. The zero-order valence-corrected chi connectivity index (χ0v) is 22.8. The lowest BCUT2D eigenvalue weighted by Gasteiger charge is -2.26. The SMILES string of the molecule is CCC(C)C(NC(=O)C(CCCCN)NC(=O)C(Cc1c[nH]c2ccccc12)NC(=O)C1CCCN1)C(=O)O. The van der Waals surface area contributed by atoms with Gasteiger partial charge in [-0.1, -0.05) is 38.5 Å². The minimum absolute atomic E-state index is 0.218. The topological polar surface area (TPSA) is 178 Å². The van der Waals surface area contributed by atoms with Gasteiger partial charge in [0.2, 0.25) is 17.7 Å². The largest absolute Gasteiger partial charge is 0.480 e. The Kier molecular flexibility index (Phi) is 11.3. The van der Waals surface area contributed by atoms with E-state index in [-0.39, 0.29) is 24.3 Å². The van der Waals surface area contributed by atoms with E-state index in [1.54, 1.807) is 6.92 Å². The number of amides is 3. The average Bonchev–Trinajstić information content (AvgIpc) is 3.61. The van der Waals surface area contributed by atoms with Gasteiger partial charge in [0.1, 0.15) is 18.1 Å². The van der Waals surface area contributed by atoms with E-state index in [0.717, 1.165) is 29.4 Å². The number of carbonyl (C=O) groups is 4. The third kappa shape index (κ3) is 8.27. The van der Waals surface area contributed by atoms with E-state index in [1.165, 1.54) is 0 Å². The first-order valence-corrected chi connectivity index (χ1v) is 13.9. The van der Waals surface area contributed by atoms with Gasteiger partial charge >= 0.3 is 5.97 Å². The van der Waals surface area contributed by atoms with Crippen LogP contribution in [-0.4, -0.2) is 71.0 Å². The minimum atomic E-state index is -1.13.